The van der Waals surface area contributed by atoms with Crippen LogP contribution in [0.2, 0.25) is 0 Å². The zero-order valence-corrected chi connectivity index (χ0v) is 17.8. The van der Waals surface area contributed by atoms with Crippen molar-refractivity contribution in [1.29, 1.82) is 0 Å². The summed E-state index contributed by atoms with van der Waals surface area (Å²) in [6.45, 7) is 1.39. The number of benzene rings is 2. The van der Waals surface area contributed by atoms with Crippen molar-refractivity contribution in [3.8, 4) is 5.75 Å². The molecule has 0 radical (unpaired) electrons. The second-order valence-corrected chi connectivity index (χ2v) is 8.76. The Morgan fingerprint density at radius 3 is 2.40 bits per heavy atom. The largest absolute Gasteiger partial charge is 0.487 e. The number of fused-ring (bicyclic) bond motifs is 1. The third kappa shape index (κ3) is 4.35. The fourth-order valence-corrected chi connectivity index (χ4v) is 4.67. The Morgan fingerprint density at radius 2 is 1.70 bits per heavy atom. The quantitative estimate of drug-likeness (QED) is 0.779. The number of ether oxygens (including phenoxy) is 1. The molecule has 1 fully saturated rings. The van der Waals surface area contributed by atoms with Gasteiger partial charge in [0.1, 0.15) is 11.4 Å². The van der Waals surface area contributed by atoms with Crippen molar-refractivity contribution in [2.24, 2.45) is 0 Å². The van der Waals surface area contributed by atoms with Crippen molar-refractivity contribution in [2.75, 3.05) is 27.2 Å². The number of piperidine rings is 1. The highest BCUT2D eigenvalue weighted by molar-refractivity contribution is 5.79. The first-order valence-corrected chi connectivity index (χ1v) is 10.8. The minimum atomic E-state index is -0.296. The van der Waals surface area contributed by atoms with E-state index >= 15 is 0 Å². The lowest BCUT2D eigenvalue weighted by Crippen LogP contribution is -2.52. The van der Waals surface area contributed by atoms with E-state index in [2.05, 4.69) is 6.07 Å². The Balaban J connectivity index is 1.45. The third-order valence-electron chi connectivity index (χ3n) is 6.45. The second-order valence-electron chi connectivity index (χ2n) is 8.76. The average Bonchev–Trinajstić information content (AvgIpc) is 2.75. The lowest BCUT2D eigenvalue weighted by atomic mass is 9.76. The van der Waals surface area contributed by atoms with Crippen molar-refractivity contribution >= 4 is 11.8 Å². The molecule has 0 N–H and O–H groups in total. The SMILES string of the molecule is CN(C)C(=O)CC1CC2(CCN(C(=O)Cc3ccccc3)CC2)Oc2ccccc21. The maximum absolute atomic E-state index is 12.8. The van der Waals surface area contributed by atoms with Crippen LogP contribution >= 0.6 is 0 Å². The van der Waals surface area contributed by atoms with Gasteiger partial charge in [-0.2, -0.15) is 0 Å². The molecule has 5 nitrogen and oxygen atoms in total. The molecule has 5 heteroatoms. The molecule has 1 spiro atoms. The van der Waals surface area contributed by atoms with E-state index in [0.717, 1.165) is 36.1 Å². The molecule has 0 aromatic heterocycles. The van der Waals surface area contributed by atoms with E-state index in [9.17, 15) is 9.59 Å². The number of rotatable bonds is 4. The molecule has 30 heavy (non-hydrogen) atoms. The van der Waals surface area contributed by atoms with E-state index in [1.54, 1.807) is 19.0 Å². The Hall–Kier alpha value is -2.82. The summed E-state index contributed by atoms with van der Waals surface area (Å²) in [6.07, 6.45) is 3.36. The van der Waals surface area contributed by atoms with Crippen LogP contribution in [0.1, 0.15) is 42.7 Å². The molecule has 158 valence electrons. The predicted molar refractivity (Wildman–Crippen MR) is 116 cm³/mol. The zero-order valence-electron chi connectivity index (χ0n) is 17.8. The summed E-state index contributed by atoms with van der Waals surface area (Å²) in [5.74, 6) is 1.36. The van der Waals surface area contributed by atoms with Gasteiger partial charge in [-0.1, -0.05) is 48.5 Å². The highest BCUT2D eigenvalue weighted by atomic mass is 16.5. The van der Waals surface area contributed by atoms with Gasteiger partial charge in [0.25, 0.3) is 0 Å². The van der Waals surface area contributed by atoms with Crippen LogP contribution in [0.25, 0.3) is 0 Å². The molecule has 2 amide bonds. The van der Waals surface area contributed by atoms with Gasteiger partial charge in [-0.05, 0) is 23.6 Å². The summed E-state index contributed by atoms with van der Waals surface area (Å²) in [5, 5.41) is 0. The molecule has 2 aromatic carbocycles. The lowest BCUT2D eigenvalue weighted by molar-refractivity contribution is -0.134. The molecule has 0 bridgehead atoms. The monoisotopic (exact) mass is 406 g/mol. The third-order valence-corrected chi connectivity index (χ3v) is 6.45. The maximum atomic E-state index is 12.8. The summed E-state index contributed by atoms with van der Waals surface area (Å²) in [6, 6.07) is 18.0. The van der Waals surface area contributed by atoms with Crippen molar-refractivity contribution in [1.82, 2.24) is 9.80 Å². The maximum Gasteiger partial charge on any atom is 0.226 e. The normalized spacial score (nSPS) is 19.7. The van der Waals surface area contributed by atoms with E-state index in [-0.39, 0.29) is 23.3 Å². The van der Waals surface area contributed by atoms with Crippen LogP contribution in [-0.4, -0.2) is 54.4 Å². The summed E-state index contributed by atoms with van der Waals surface area (Å²) >= 11 is 0. The number of carbonyl (C=O) groups is 2. The van der Waals surface area contributed by atoms with Gasteiger partial charge in [0.15, 0.2) is 0 Å². The first kappa shape index (κ1) is 20.5. The number of hydrogen-bond donors (Lipinski definition) is 0. The first-order chi connectivity index (χ1) is 14.5. The number of nitrogens with zero attached hydrogens (tertiary/aromatic N) is 2. The van der Waals surface area contributed by atoms with Gasteiger partial charge in [-0.15, -0.1) is 0 Å². The number of carbonyl (C=O) groups excluding carboxylic acids is 2. The molecule has 1 unspecified atom stereocenters. The highest BCUT2D eigenvalue weighted by Crippen LogP contribution is 2.46. The lowest BCUT2D eigenvalue weighted by Gasteiger charge is -2.47. The number of para-hydroxylation sites is 1. The van der Waals surface area contributed by atoms with Gasteiger partial charge in [0, 0.05) is 52.4 Å². The van der Waals surface area contributed by atoms with Crippen molar-refractivity contribution in [3.05, 3.63) is 65.7 Å². The van der Waals surface area contributed by atoms with E-state index in [0.29, 0.717) is 25.9 Å². The van der Waals surface area contributed by atoms with Gasteiger partial charge in [0.05, 0.1) is 6.42 Å². The number of amides is 2. The molecule has 2 heterocycles. The minimum Gasteiger partial charge on any atom is -0.487 e. The van der Waals surface area contributed by atoms with Crippen LogP contribution in [0.4, 0.5) is 0 Å². The van der Waals surface area contributed by atoms with E-state index in [1.807, 2.05) is 53.4 Å². The van der Waals surface area contributed by atoms with Crippen molar-refractivity contribution < 1.29 is 14.3 Å². The van der Waals surface area contributed by atoms with Crippen LogP contribution in [-0.2, 0) is 16.0 Å². The van der Waals surface area contributed by atoms with E-state index in [1.165, 1.54) is 0 Å². The number of hydrogen-bond acceptors (Lipinski definition) is 3. The molecule has 1 saturated heterocycles. The fourth-order valence-electron chi connectivity index (χ4n) is 4.67. The molecule has 2 aliphatic rings. The standard InChI is InChI=1S/C25H30N2O3/c1-26(2)23(28)17-20-18-25(30-22-11-7-6-10-21(20)22)12-14-27(15-13-25)24(29)16-19-8-4-3-5-9-19/h3-11,20H,12-18H2,1-2H3. The summed E-state index contributed by atoms with van der Waals surface area (Å²) in [7, 11) is 3.61. The summed E-state index contributed by atoms with van der Waals surface area (Å²) in [5.41, 5.74) is 1.88. The highest BCUT2D eigenvalue weighted by Gasteiger charge is 2.44. The predicted octanol–water partition coefficient (Wildman–Crippen LogP) is 3.63. The molecule has 1 atom stereocenters. The fraction of sp³-hybridized carbons (Fsp3) is 0.440. The van der Waals surface area contributed by atoms with E-state index < -0.39 is 0 Å². The van der Waals surface area contributed by atoms with Crippen molar-refractivity contribution in [2.45, 2.75) is 43.6 Å². The Kier molecular flexibility index (Phi) is 5.80. The number of likely N-dealkylation sites (tertiary alicyclic amines) is 1. The van der Waals surface area contributed by atoms with Crippen LogP contribution in [0, 0.1) is 0 Å². The molecule has 0 saturated carbocycles. The first-order valence-electron chi connectivity index (χ1n) is 10.8. The van der Waals surface area contributed by atoms with Gasteiger partial charge in [-0.25, -0.2) is 0 Å². The zero-order chi connectivity index (χ0) is 21.1. The van der Waals surface area contributed by atoms with E-state index in [4.69, 9.17) is 4.74 Å². The van der Waals surface area contributed by atoms with Gasteiger partial charge in [0.2, 0.25) is 11.8 Å². The molecule has 4 rings (SSSR count). The van der Waals surface area contributed by atoms with Gasteiger partial charge < -0.3 is 14.5 Å². The summed E-state index contributed by atoms with van der Waals surface area (Å²) < 4.78 is 6.52. The minimum absolute atomic E-state index is 0.141. The van der Waals surface area contributed by atoms with Crippen LogP contribution in [0.5, 0.6) is 5.75 Å². The van der Waals surface area contributed by atoms with Gasteiger partial charge in [-0.3, -0.25) is 9.59 Å². The smallest absolute Gasteiger partial charge is 0.226 e. The molecule has 2 aliphatic heterocycles. The van der Waals surface area contributed by atoms with Crippen molar-refractivity contribution in [3.63, 3.8) is 0 Å². The van der Waals surface area contributed by atoms with Gasteiger partial charge >= 0.3 is 0 Å². The Bertz CT molecular complexity index is 902. The van der Waals surface area contributed by atoms with Crippen LogP contribution in [0.15, 0.2) is 54.6 Å². The Morgan fingerprint density at radius 1 is 1.03 bits per heavy atom. The average molecular weight is 407 g/mol. The molecule has 2 aromatic rings. The Labute approximate surface area is 178 Å². The topological polar surface area (TPSA) is 49.9 Å². The molecular weight excluding hydrogens is 376 g/mol. The van der Waals surface area contributed by atoms with Crippen LogP contribution in [0.3, 0.4) is 0 Å². The second kappa shape index (κ2) is 8.50. The van der Waals surface area contributed by atoms with Crippen LogP contribution < -0.4 is 4.74 Å². The molecular formula is C25H30N2O3. The summed E-state index contributed by atoms with van der Waals surface area (Å²) in [4.78, 5) is 28.8. The molecule has 0 aliphatic carbocycles.